The molecule has 2 aromatic carbocycles. The van der Waals surface area contributed by atoms with E-state index in [-0.39, 0.29) is 5.91 Å². The van der Waals surface area contributed by atoms with Crippen molar-refractivity contribution in [2.24, 2.45) is 0 Å². The van der Waals surface area contributed by atoms with Crippen LogP contribution in [0.3, 0.4) is 0 Å². The van der Waals surface area contributed by atoms with Crippen LogP contribution in [0.2, 0.25) is 0 Å². The van der Waals surface area contributed by atoms with Gasteiger partial charge < -0.3 is 5.32 Å². The Labute approximate surface area is 147 Å². The molecule has 0 atom stereocenters. The molecule has 0 saturated carbocycles. The number of thioether (sulfide) groups is 1. The van der Waals surface area contributed by atoms with Crippen molar-refractivity contribution in [3.8, 4) is 0 Å². The first-order chi connectivity index (χ1) is 11.9. The van der Waals surface area contributed by atoms with E-state index in [1.807, 2.05) is 13.8 Å². The summed E-state index contributed by atoms with van der Waals surface area (Å²) in [6, 6.07) is 11.5. The van der Waals surface area contributed by atoms with E-state index in [1.165, 1.54) is 0 Å². The number of aromatic nitrogens is 2. The molecule has 4 nitrogen and oxygen atoms in total. The summed E-state index contributed by atoms with van der Waals surface area (Å²) in [5.41, 5.74) is 3.69. The molecule has 0 spiro atoms. The van der Waals surface area contributed by atoms with Crippen LogP contribution in [0.4, 0.5) is 14.5 Å². The lowest BCUT2D eigenvalue weighted by Crippen LogP contribution is -2.13. The molecular weight excluding hydrogens is 344 g/mol. The van der Waals surface area contributed by atoms with E-state index in [2.05, 4.69) is 15.3 Å². The van der Waals surface area contributed by atoms with Gasteiger partial charge in [0.15, 0.2) is 0 Å². The van der Waals surface area contributed by atoms with Gasteiger partial charge in [-0.15, -0.1) is 0 Å². The molecule has 0 radical (unpaired) electrons. The number of anilines is 1. The van der Waals surface area contributed by atoms with Gasteiger partial charge in [-0.2, -0.15) is 8.78 Å². The van der Waals surface area contributed by atoms with E-state index in [0.29, 0.717) is 38.9 Å². The monoisotopic (exact) mass is 359 g/mol. The highest BCUT2D eigenvalue weighted by Gasteiger charge is 2.14. The molecule has 7 heteroatoms. The summed E-state index contributed by atoms with van der Waals surface area (Å²) in [7, 11) is 0. The Hall–Kier alpha value is -2.54. The van der Waals surface area contributed by atoms with E-state index >= 15 is 0 Å². The van der Waals surface area contributed by atoms with Crippen LogP contribution in [-0.4, -0.2) is 21.6 Å². The Bertz CT molecular complexity index is 947. The maximum Gasteiger partial charge on any atom is 0.288 e. The highest BCUT2D eigenvalue weighted by molar-refractivity contribution is 7.99. The maximum atomic E-state index is 12.6. The maximum absolute atomic E-state index is 12.6. The Morgan fingerprint density at radius 3 is 2.44 bits per heavy atom. The van der Waals surface area contributed by atoms with Crippen molar-refractivity contribution in [3.05, 3.63) is 59.4 Å². The first-order valence-corrected chi connectivity index (χ1v) is 8.42. The molecule has 1 heterocycles. The molecule has 0 saturated heterocycles. The first-order valence-electron chi connectivity index (χ1n) is 7.54. The highest BCUT2D eigenvalue weighted by Crippen LogP contribution is 2.31. The summed E-state index contributed by atoms with van der Waals surface area (Å²) in [4.78, 5) is 21.7. The second-order valence-electron chi connectivity index (χ2n) is 5.43. The van der Waals surface area contributed by atoms with E-state index in [1.54, 1.807) is 42.5 Å². The van der Waals surface area contributed by atoms with Crippen molar-refractivity contribution in [1.29, 1.82) is 0 Å². The number of aryl methyl sites for hydroxylation is 2. The molecule has 0 aliphatic heterocycles. The fraction of sp³-hybridized carbons (Fsp3) is 0.167. The third-order valence-electron chi connectivity index (χ3n) is 3.69. The Kier molecular flexibility index (Phi) is 4.94. The number of alkyl halides is 2. The highest BCUT2D eigenvalue weighted by atomic mass is 32.2. The summed E-state index contributed by atoms with van der Waals surface area (Å²) in [5, 5.41) is 2.68. The van der Waals surface area contributed by atoms with Crippen LogP contribution in [0.25, 0.3) is 11.0 Å². The molecule has 1 aromatic heterocycles. The SMILES string of the molecule is Cc1nc2ccc(C(=O)Nc3ccccc3SC(F)F)cc2nc1C. The average Bonchev–Trinajstić information content (AvgIpc) is 2.57. The van der Waals surface area contributed by atoms with Gasteiger partial charge in [0.25, 0.3) is 11.7 Å². The van der Waals surface area contributed by atoms with Crippen LogP contribution in [0.5, 0.6) is 0 Å². The minimum atomic E-state index is -2.56. The summed E-state index contributed by atoms with van der Waals surface area (Å²) in [5.74, 6) is -2.94. The number of nitrogens with zero attached hydrogens (tertiary/aromatic N) is 2. The minimum absolute atomic E-state index is 0.318. The minimum Gasteiger partial charge on any atom is -0.321 e. The van der Waals surface area contributed by atoms with Crippen LogP contribution in [0.1, 0.15) is 21.7 Å². The molecule has 1 N–H and O–H groups in total. The van der Waals surface area contributed by atoms with E-state index in [0.717, 1.165) is 11.4 Å². The van der Waals surface area contributed by atoms with Gasteiger partial charge in [-0.1, -0.05) is 23.9 Å². The Morgan fingerprint density at radius 1 is 1.04 bits per heavy atom. The molecule has 1 amide bonds. The molecule has 0 aliphatic rings. The summed E-state index contributed by atoms with van der Waals surface area (Å²) in [6.07, 6.45) is 0. The topological polar surface area (TPSA) is 54.9 Å². The molecule has 0 aliphatic carbocycles. The number of nitrogens with one attached hydrogen (secondary N) is 1. The quantitative estimate of drug-likeness (QED) is 0.679. The summed E-state index contributed by atoms with van der Waals surface area (Å²) >= 11 is 0.398. The zero-order chi connectivity index (χ0) is 18.0. The van der Waals surface area contributed by atoms with E-state index in [9.17, 15) is 13.6 Å². The third-order valence-corrected chi connectivity index (χ3v) is 4.48. The number of carbonyl (C=O) groups excluding carboxylic acids is 1. The number of fused-ring (bicyclic) bond motifs is 1. The van der Waals surface area contributed by atoms with E-state index < -0.39 is 5.76 Å². The predicted octanol–water partition coefficient (Wildman–Crippen LogP) is 4.81. The number of para-hydroxylation sites is 1. The average molecular weight is 359 g/mol. The molecule has 0 bridgehead atoms. The van der Waals surface area contributed by atoms with Gasteiger partial charge in [0.2, 0.25) is 0 Å². The lowest BCUT2D eigenvalue weighted by molar-refractivity contribution is 0.102. The third kappa shape index (κ3) is 3.93. The second kappa shape index (κ2) is 7.14. The number of amides is 1. The van der Waals surface area contributed by atoms with Crippen LogP contribution in [0, 0.1) is 13.8 Å². The zero-order valence-electron chi connectivity index (χ0n) is 13.6. The van der Waals surface area contributed by atoms with Gasteiger partial charge in [0.05, 0.1) is 28.1 Å². The molecule has 3 rings (SSSR count). The number of halogens is 2. The second-order valence-corrected chi connectivity index (χ2v) is 6.46. The van der Waals surface area contributed by atoms with Crippen molar-refractivity contribution in [3.63, 3.8) is 0 Å². The fourth-order valence-electron chi connectivity index (χ4n) is 2.34. The number of carbonyl (C=O) groups is 1. The van der Waals surface area contributed by atoms with Crippen molar-refractivity contribution >= 4 is 34.4 Å². The van der Waals surface area contributed by atoms with Gasteiger partial charge in [-0.25, -0.2) is 9.97 Å². The van der Waals surface area contributed by atoms with Crippen molar-refractivity contribution < 1.29 is 13.6 Å². The number of hydrogen-bond donors (Lipinski definition) is 1. The van der Waals surface area contributed by atoms with Crippen LogP contribution in [0.15, 0.2) is 47.4 Å². The number of rotatable bonds is 4. The Balaban J connectivity index is 1.89. The van der Waals surface area contributed by atoms with Crippen LogP contribution < -0.4 is 5.32 Å². The largest absolute Gasteiger partial charge is 0.321 e. The molecule has 128 valence electrons. The van der Waals surface area contributed by atoms with Gasteiger partial charge in [-0.3, -0.25) is 4.79 Å². The van der Waals surface area contributed by atoms with Crippen molar-refractivity contribution in [2.45, 2.75) is 24.5 Å². The molecular formula is C18H15F2N3OS. The standard InChI is InChI=1S/C18H15F2N3OS/c1-10-11(2)22-15-9-12(7-8-13(15)21-10)17(24)23-14-5-3-4-6-16(14)25-18(19)20/h3-9,18H,1-2H3,(H,23,24). The van der Waals surface area contributed by atoms with Gasteiger partial charge in [0.1, 0.15) is 0 Å². The van der Waals surface area contributed by atoms with Crippen LogP contribution >= 0.6 is 11.8 Å². The van der Waals surface area contributed by atoms with E-state index in [4.69, 9.17) is 0 Å². The number of benzene rings is 2. The zero-order valence-corrected chi connectivity index (χ0v) is 14.4. The van der Waals surface area contributed by atoms with Crippen LogP contribution in [-0.2, 0) is 0 Å². The molecule has 0 fully saturated rings. The summed E-state index contributed by atoms with van der Waals surface area (Å²) < 4.78 is 25.3. The lowest BCUT2D eigenvalue weighted by atomic mass is 10.1. The fourth-order valence-corrected chi connectivity index (χ4v) is 2.93. The molecule has 0 unspecified atom stereocenters. The smallest absolute Gasteiger partial charge is 0.288 e. The van der Waals surface area contributed by atoms with Crippen molar-refractivity contribution in [1.82, 2.24) is 9.97 Å². The molecule has 25 heavy (non-hydrogen) atoms. The first kappa shape index (κ1) is 17.3. The van der Waals surface area contributed by atoms with Gasteiger partial charge in [0, 0.05) is 10.5 Å². The van der Waals surface area contributed by atoms with Gasteiger partial charge >= 0.3 is 0 Å². The Morgan fingerprint density at radius 2 is 1.72 bits per heavy atom. The lowest BCUT2D eigenvalue weighted by Gasteiger charge is -2.11. The predicted molar refractivity (Wildman–Crippen MR) is 95.3 cm³/mol. The van der Waals surface area contributed by atoms with Crippen molar-refractivity contribution in [2.75, 3.05) is 5.32 Å². The number of hydrogen-bond acceptors (Lipinski definition) is 4. The summed E-state index contributed by atoms with van der Waals surface area (Å²) in [6.45, 7) is 3.73. The normalized spacial score (nSPS) is 11.1. The van der Waals surface area contributed by atoms with Gasteiger partial charge in [-0.05, 0) is 44.2 Å². The molecule has 3 aromatic rings.